The Bertz CT molecular complexity index is 508. The molecule has 0 bridgehead atoms. The molecule has 130 valence electrons. The van der Waals surface area contributed by atoms with E-state index < -0.39 is 49.0 Å². The molecule has 1 aromatic heterocycles. The highest BCUT2D eigenvalue weighted by Crippen LogP contribution is 2.07. The fourth-order valence-electron chi connectivity index (χ4n) is 1.61. The Kier molecular flexibility index (Phi) is 7.22. The molecule has 11 nitrogen and oxygen atoms in total. The summed E-state index contributed by atoms with van der Waals surface area (Å²) in [7, 11) is 0. The van der Waals surface area contributed by atoms with Gasteiger partial charge < -0.3 is 41.0 Å². The number of nitrogens with one attached hydrogen (secondary N) is 1. The molecule has 1 aromatic rings. The number of hydrogen-bond donors (Lipinski definition) is 7. The van der Waals surface area contributed by atoms with E-state index in [2.05, 4.69) is 14.7 Å². The van der Waals surface area contributed by atoms with Crippen molar-refractivity contribution in [3.05, 3.63) is 18.2 Å². The van der Waals surface area contributed by atoms with Gasteiger partial charge in [0.25, 0.3) is 0 Å². The lowest BCUT2D eigenvalue weighted by Gasteiger charge is -2.24. The van der Waals surface area contributed by atoms with Gasteiger partial charge in [0, 0.05) is 18.3 Å². The first kappa shape index (κ1) is 19.2. The molecule has 0 radical (unpaired) electrons. The number of aromatic nitrogens is 2. The smallest absolute Gasteiger partial charge is 0.345 e. The van der Waals surface area contributed by atoms with Gasteiger partial charge in [0.15, 0.2) is 6.10 Å². The highest BCUT2D eigenvalue weighted by Gasteiger charge is 2.36. The van der Waals surface area contributed by atoms with Crippen LogP contribution < -0.4 is 5.73 Å². The summed E-state index contributed by atoms with van der Waals surface area (Å²) >= 11 is 0. The van der Waals surface area contributed by atoms with Crippen molar-refractivity contribution in [1.29, 1.82) is 0 Å². The lowest BCUT2D eigenvalue weighted by molar-refractivity contribution is -0.177. The number of H-pyrrole nitrogens is 1. The number of nitrogens with zero attached hydrogens (tertiary/aromatic N) is 1. The second-order valence-corrected chi connectivity index (χ2v) is 4.80. The van der Waals surface area contributed by atoms with Crippen LogP contribution in [0.2, 0.25) is 0 Å². The van der Waals surface area contributed by atoms with E-state index in [1.807, 2.05) is 0 Å². The number of carbonyl (C=O) groups excluding carboxylic acids is 2. The van der Waals surface area contributed by atoms with Crippen LogP contribution in [0.4, 0.5) is 0 Å². The maximum atomic E-state index is 11.6. The number of nitrogens with two attached hydrogens (primary N) is 1. The minimum Gasteiger partial charge on any atom is -0.394 e. The van der Waals surface area contributed by atoms with Crippen molar-refractivity contribution < 1.29 is 39.9 Å². The van der Waals surface area contributed by atoms with Gasteiger partial charge in [0.05, 0.1) is 12.9 Å². The zero-order valence-electron chi connectivity index (χ0n) is 11.9. The zero-order valence-corrected chi connectivity index (χ0v) is 11.9. The van der Waals surface area contributed by atoms with Crippen LogP contribution in [0.3, 0.4) is 0 Å². The molecule has 0 unspecified atom stereocenters. The van der Waals surface area contributed by atoms with E-state index in [1.54, 1.807) is 0 Å². The molecule has 11 heteroatoms. The molecule has 1 heterocycles. The van der Waals surface area contributed by atoms with Crippen LogP contribution in [0.25, 0.3) is 0 Å². The molecule has 0 saturated heterocycles. The summed E-state index contributed by atoms with van der Waals surface area (Å²) in [5, 5.41) is 46.1. The summed E-state index contributed by atoms with van der Waals surface area (Å²) < 4.78 is 4.31. The molecule has 0 fully saturated rings. The lowest BCUT2D eigenvalue weighted by atomic mass is 10.0. The molecule has 0 saturated carbocycles. The third-order valence-electron chi connectivity index (χ3n) is 2.99. The maximum absolute atomic E-state index is 11.6. The number of aliphatic hydroxyl groups is 5. The van der Waals surface area contributed by atoms with Crippen LogP contribution in [0.1, 0.15) is 5.69 Å². The van der Waals surface area contributed by atoms with Crippen molar-refractivity contribution in [1.82, 2.24) is 9.97 Å². The summed E-state index contributed by atoms with van der Waals surface area (Å²) in [6.07, 6.45) is -5.50. The van der Waals surface area contributed by atoms with Crippen molar-refractivity contribution in [3.63, 3.8) is 0 Å². The Morgan fingerprint density at radius 2 is 1.87 bits per heavy atom. The van der Waals surface area contributed by atoms with Gasteiger partial charge >= 0.3 is 11.9 Å². The topological polar surface area (TPSA) is 199 Å². The second kappa shape index (κ2) is 8.67. The van der Waals surface area contributed by atoms with Crippen LogP contribution in [0.15, 0.2) is 12.5 Å². The summed E-state index contributed by atoms with van der Waals surface area (Å²) in [4.78, 5) is 29.6. The van der Waals surface area contributed by atoms with E-state index in [9.17, 15) is 24.9 Å². The van der Waals surface area contributed by atoms with Crippen molar-refractivity contribution in [2.75, 3.05) is 6.61 Å². The Labute approximate surface area is 130 Å². The van der Waals surface area contributed by atoms with Gasteiger partial charge in [0.1, 0.15) is 24.4 Å². The first-order valence-corrected chi connectivity index (χ1v) is 6.59. The minimum absolute atomic E-state index is 0.00336. The van der Waals surface area contributed by atoms with Crippen LogP contribution in [0, 0.1) is 0 Å². The lowest BCUT2D eigenvalue weighted by Crippen LogP contribution is -2.50. The molecule has 0 aromatic carbocycles. The molecule has 5 atom stereocenters. The van der Waals surface area contributed by atoms with Crippen molar-refractivity contribution in [2.24, 2.45) is 5.73 Å². The van der Waals surface area contributed by atoms with Gasteiger partial charge in [-0.3, -0.25) is 0 Å². The SMILES string of the molecule is N[C@@H](Cc1cnc[nH]1)C(=O)OC(=O)[C@H](O)[C@@H](O)[C@H](O)[C@H](O)CO. The highest BCUT2D eigenvalue weighted by atomic mass is 16.6. The zero-order chi connectivity index (χ0) is 17.6. The molecule has 0 spiro atoms. The monoisotopic (exact) mass is 333 g/mol. The average molecular weight is 333 g/mol. The number of esters is 2. The molecular weight excluding hydrogens is 314 g/mol. The van der Waals surface area contributed by atoms with E-state index in [0.717, 1.165) is 0 Å². The molecule has 23 heavy (non-hydrogen) atoms. The van der Waals surface area contributed by atoms with Crippen LogP contribution in [0.5, 0.6) is 0 Å². The summed E-state index contributed by atoms with van der Waals surface area (Å²) in [5.41, 5.74) is 6.04. The van der Waals surface area contributed by atoms with E-state index in [4.69, 9.17) is 15.9 Å². The molecular formula is C12H19N3O8. The number of imidazole rings is 1. The number of ether oxygens (including phenoxy) is 1. The van der Waals surface area contributed by atoms with Crippen LogP contribution >= 0.6 is 0 Å². The highest BCUT2D eigenvalue weighted by molar-refractivity contribution is 5.90. The van der Waals surface area contributed by atoms with Gasteiger partial charge in [-0.25, -0.2) is 14.6 Å². The predicted octanol–water partition coefficient (Wildman–Crippen LogP) is -4.21. The van der Waals surface area contributed by atoms with Crippen molar-refractivity contribution in [2.45, 2.75) is 36.9 Å². The molecule has 0 amide bonds. The van der Waals surface area contributed by atoms with Gasteiger partial charge in [0.2, 0.25) is 0 Å². The van der Waals surface area contributed by atoms with Crippen LogP contribution in [-0.4, -0.2) is 84.5 Å². The fraction of sp³-hybridized carbons (Fsp3) is 0.583. The van der Waals surface area contributed by atoms with E-state index >= 15 is 0 Å². The summed E-state index contributed by atoms with van der Waals surface area (Å²) in [5.74, 6) is -2.71. The summed E-state index contributed by atoms with van der Waals surface area (Å²) in [6, 6.07) is -1.23. The van der Waals surface area contributed by atoms with E-state index in [0.29, 0.717) is 5.69 Å². The van der Waals surface area contributed by atoms with E-state index in [-0.39, 0.29) is 6.42 Å². The first-order chi connectivity index (χ1) is 10.8. The molecule has 1 rings (SSSR count). The van der Waals surface area contributed by atoms with Gasteiger partial charge in [-0.1, -0.05) is 0 Å². The van der Waals surface area contributed by atoms with Gasteiger partial charge in [-0.05, 0) is 0 Å². The molecule has 0 aliphatic carbocycles. The van der Waals surface area contributed by atoms with Crippen molar-refractivity contribution >= 4 is 11.9 Å². The molecule has 8 N–H and O–H groups in total. The van der Waals surface area contributed by atoms with Crippen LogP contribution in [-0.2, 0) is 20.7 Å². The standard InChI is InChI=1S/C12H19N3O8/c13-6(1-5-2-14-4-15-5)11(21)23-12(22)10(20)9(19)8(18)7(17)3-16/h2,4,6-10,16-20H,1,3,13H2,(H,14,15)/t6-,7+,8+,9-,10+/m0/s1. The molecule has 0 aliphatic rings. The van der Waals surface area contributed by atoms with Gasteiger partial charge in [-0.2, -0.15) is 0 Å². The third kappa shape index (κ3) is 5.35. The second-order valence-electron chi connectivity index (χ2n) is 4.80. The number of rotatable bonds is 8. The number of hydrogen-bond acceptors (Lipinski definition) is 10. The van der Waals surface area contributed by atoms with Crippen molar-refractivity contribution in [3.8, 4) is 0 Å². The number of carbonyl (C=O) groups is 2. The Morgan fingerprint density at radius 3 is 2.39 bits per heavy atom. The summed E-state index contributed by atoms with van der Waals surface area (Å²) in [6.45, 7) is -0.909. The Balaban J connectivity index is 2.54. The first-order valence-electron chi connectivity index (χ1n) is 6.59. The largest absolute Gasteiger partial charge is 0.394 e. The Hall–Kier alpha value is -1.89. The average Bonchev–Trinajstić information content (AvgIpc) is 3.04. The fourth-order valence-corrected chi connectivity index (χ4v) is 1.61. The predicted molar refractivity (Wildman–Crippen MR) is 72.5 cm³/mol. The maximum Gasteiger partial charge on any atom is 0.345 e. The molecule has 0 aliphatic heterocycles. The third-order valence-corrected chi connectivity index (χ3v) is 2.99. The number of aromatic amines is 1. The number of aliphatic hydroxyl groups excluding tert-OH is 5. The minimum atomic E-state index is -2.31. The van der Waals surface area contributed by atoms with E-state index in [1.165, 1.54) is 12.5 Å². The quantitative estimate of drug-likeness (QED) is 0.181. The Morgan fingerprint density at radius 1 is 1.22 bits per heavy atom. The normalized spacial score (nSPS) is 17.8. The van der Waals surface area contributed by atoms with Gasteiger partial charge in [-0.15, -0.1) is 0 Å².